The van der Waals surface area contributed by atoms with Crippen LogP contribution < -0.4 is 10.1 Å². The summed E-state index contributed by atoms with van der Waals surface area (Å²) in [5.41, 5.74) is 4.95. The van der Waals surface area contributed by atoms with Gasteiger partial charge in [0, 0.05) is 38.2 Å². The number of hydrogen-bond donors (Lipinski definition) is 1. The van der Waals surface area contributed by atoms with Gasteiger partial charge >= 0.3 is 0 Å². The molecule has 2 atom stereocenters. The Bertz CT molecular complexity index is 867. The van der Waals surface area contributed by atoms with E-state index in [1.165, 1.54) is 22.3 Å². The van der Waals surface area contributed by atoms with E-state index >= 15 is 0 Å². The maximum Gasteiger partial charge on any atom is 0.221 e. The van der Waals surface area contributed by atoms with Gasteiger partial charge in [-0.25, -0.2) is 0 Å². The lowest BCUT2D eigenvalue weighted by Crippen LogP contribution is -2.36. The predicted octanol–water partition coefficient (Wildman–Crippen LogP) is 3.40. The van der Waals surface area contributed by atoms with Crippen LogP contribution in [0.3, 0.4) is 0 Å². The number of benzene rings is 2. The molecule has 0 aliphatic carbocycles. The van der Waals surface area contributed by atoms with Crippen molar-refractivity contribution in [1.82, 2.24) is 10.2 Å². The Labute approximate surface area is 173 Å². The van der Waals surface area contributed by atoms with E-state index in [1.54, 1.807) is 0 Å². The highest BCUT2D eigenvalue weighted by atomic mass is 16.5. The highest BCUT2D eigenvalue weighted by Crippen LogP contribution is 2.27. The second-order valence-electron chi connectivity index (χ2n) is 8.14. The van der Waals surface area contributed by atoms with Crippen molar-refractivity contribution in [2.24, 2.45) is 0 Å². The topological polar surface area (TPSA) is 50.8 Å². The van der Waals surface area contributed by atoms with Gasteiger partial charge in [0.1, 0.15) is 18.0 Å². The zero-order chi connectivity index (χ0) is 20.2. The summed E-state index contributed by atoms with van der Waals surface area (Å²) in [4.78, 5) is 14.8. The van der Waals surface area contributed by atoms with Gasteiger partial charge in [-0.3, -0.25) is 9.69 Å². The first-order valence-corrected chi connectivity index (χ1v) is 10.5. The zero-order valence-electron chi connectivity index (χ0n) is 17.3. The lowest BCUT2D eigenvalue weighted by Gasteiger charge is -2.26. The number of aryl methyl sites for hydroxylation is 1. The molecule has 154 valence electrons. The standard InChI is InChI=1S/C24H30N2O3/c1-17-7-8-22-20(13-17)16-26(15-18(2)29-22)11-9-24(27)25-14-23-21-6-4-3-5-19(21)10-12-28-23/h3-8,13,18,23H,9-12,14-16H2,1-2H3,(H,25,27). The van der Waals surface area contributed by atoms with Gasteiger partial charge in [-0.05, 0) is 37.5 Å². The van der Waals surface area contributed by atoms with Gasteiger partial charge in [0.05, 0.1) is 6.61 Å². The highest BCUT2D eigenvalue weighted by molar-refractivity contribution is 5.76. The van der Waals surface area contributed by atoms with Crippen molar-refractivity contribution in [1.29, 1.82) is 0 Å². The van der Waals surface area contributed by atoms with Gasteiger partial charge in [0.2, 0.25) is 5.91 Å². The molecular weight excluding hydrogens is 364 g/mol. The molecular formula is C24H30N2O3. The molecule has 0 aromatic heterocycles. The summed E-state index contributed by atoms with van der Waals surface area (Å²) < 4.78 is 11.9. The fourth-order valence-electron chi connectivity index (χ4n) is 4.24. The number of rotatable bonds is 5. The Kier molecular flexibility index (Phi) is 6.16. The molecule has 0 bridgehead atoms. The molecule has 0 saturated heterocycles. The molecule has 5 nitrogen and oxygen atoms in total. The molecule has 0 radical (unpaired) electrons. The minimum absolute atomic E-state index is 0.0506. The van der Waals surface area contributed by atoms with Crippen LogP contribution in [0.15, 0.2) is 42.5 Å². The van der Waals surface area contributed by atoms with Crippen LogP contribution in [0.25, 0.3) is 0 Å². The third-order valence-electron chi connectivity index (χ3n) is 5.69. The third-order valence-corrected chi connectivity index (χ3v) is 5.69. The van der Waals surface area contributed by atoms with Gasteiger partial charge in [0.25, 0.3) is 0 Å². The average Bonchev–Trinajstić information content (AvgIpc) is 2.88. The van der Waals surface area contributed by atoms with E-state index in [-0.39, 0.29) is 18.1 Å². The molecule has 2 aliphatic heterocycles. The lowest BCUT2D eigenvalue weighted by atomic mass is 9.97. The van der Waals surface area contributed by atoms with E-state index in [1.807, 2.05) is 6.07 Å². The van der Waals surface area contributed by atoms with Crippen LogP contribution in [-0.4, -0.2) is 43.2 Å². The van der Waals surface area contributed by atoms with Crippen LogP contribution in [-0.2, 0) is 22.5 Å². The minimum atomic E-state index is -0.0506. The average molecular weight is 395 g/mol. The van der Waals surface area contributed by atoms with E-state index in [0.717, 1.165) is 31.8 Å². The van der Waals surface area contributed by atoms with Crippen LogP contribution in [0, 0.1) is 6.92 Å². The van der Waals surface area contributed by atoms with E-state index < -0.39 is 0 Å². The van der Waals surface area contributed by atoms with Crippen LogP contribution >= 0.6 is 0 Å². The molecule has 2 aliphatic rings. The summed E-state index contributed by atoms with van der Waals surface area (Å²) in [5, 5.41) is 3.07. The van der Waals surface area contributed by atoms with Crippen LogP contribution in [0.1, 0.15) is 41.7 Å². The van der Waals surface area contributed by atoms with Crippen molar-refractivity contribution in [2.45, 2.75) is 45.4 Å². The maximum absolute atomic E-state index is 12.5. The highest BCUT2D eigenvalue weighted by Gasteiger charge is 2.22. The fraction of sp³-hybridized carbons (Fsp3) is 0.458. The monoisotopic (exact) mass is 394 g/mol. The number of hydrogen-bond acceptors (Lipinski definition) is 4. The van der Waals surface area contributed by atoms with Gasteiger partial charge in [-0.1, -0.05) is 42.0 Å². The van der Waals surface area contributed by atoms with Crippen molar-refractivity contribution >= 4 is 5.91 Å². The molecule has 0 saturated carbocycles. The molecule has 1 amide bonds. The van der Waals surface area contributed by atoms with E-state index in [9.17, 15) is 4.79 Å². The van der Waals surface area contributed by atoms with Crippen molar-refractivity contribution in [3.8, 4) is 5.75 Å². The van der Waals surface area contributed by atoms with Crippen LogP contribution in [0.4, 0.5) is 0 Å². The van der Waals surface area contributed by atoms with Gasteiger partial charge < -0.3 is 14.8 Å². The number of amides is 1. The molecule has 0 fully saturated rings. The molecule has 0 spiro atoms. The van der Waals surface area contributed by atoms with Crippen molar-refractivity contribution in [2.75, 3.05) is 26.2 Å². The van der Waals surface area contributed by atoms with Gasteiger partial charge in [-0.2, -0.15) is 0 Å². The number of nitrogens with zero attached hydrogens (tertiary/aromatic N) is 1. The minimum Gasteiger partial charge on any atom is -0.489 e. The predicted molar refractivity (Wildman–Crippen MR) is 113 cm³/mol. The molecule has 2 heterocycles. The van der Waals surface area contributed by atoms with Crippen molar-refractivity contribution in [3.63, 3.8) is 0 Å². The normalized spacial score (nSPS) is 21.4. The first kappa shape index (κ1) is 19.9. The SMILES string of the molecule is Cc1ccc2c(c1)CN(CCC(=O)NCC1OCCc3ccccc31)CC(C)O2. The molecule has 4 rings (SSSR count). The molecule has 5 heteroatoms. The second kappa shape index (κ2) is 8.97. The zero-order valence-corrected chi connectivity index (χ0v) is 17.3. The number of carbonyl (C=O) groups is 1. The van der Waals surface area contributed by atoms with E-state index in [0.29, 0.717) is 19.6 Å². The number of ether oxygens (including phenoxy) is 2. The first-order valence-electron chi connectivity index (χ1n) is 10.5. The van der Waals surface area contributed by atoms with Gasteiger partial charge in [-0.15, -0.1) is 0 Å². The summed E-state index contributed by atoms with van der Waals surface area (Å²) in [7, 11) is 0. The van der Waals surface area contributed by atoms with E-state index in [4.69, 9.17) is 9.47 Å². The Morgan fingerprint density at radius 3 is 2.97 bits per heavy atom. The molecule has 2 aromatic rings. The largest absolute Gasteiger partial charge is 0.489 e. The summed E-state index contributed by atoms with van der Waals surface area (Å²) >= 11 is 0. The number of nitrogens with one attached hydrogen (secondary N) is 1. The molecule has 29 heavy (non-hydrogen) atoms. The Morgan fingerprint density at radius 1 is 1.21 bits per heavy atom. The summed E-state index contributed by atoms with van der Waals surface area (Å²) in [6.45, 7) is 7.76. The smallest absolute Gasteiger partial charge is 0.221 e. The Morgan fingerprint density at radius 2 is 2.07 bits per heavy atom. The summed E-state index contributed by atoms with van der Waals surface area (Å²) in [5.74, 6) is 1.03. The molecule has 2 aromatic carbocycles. The number of fused-ring (bicyclic) bond motifs is 2. The lowest BCUT2D eigenvalue weighted by molar-refractivity contribution is -0.122. The molecule has 2 unspecified atom stereocenters. The summed E-state index contributed by atoms with van der Waals surface area (Å²) in [6.07, 6.45) is 1.47. The molecule has 1 N–H and O–H groups in total. The maximum atomic E-state index is 12.5. The van der Waals surface area contributed by atoms with Crippen LogP contribution in [0.5, 0.6) is 5.75 Å². The van der Waals surface area contributed by atoms with Crippen LogP contribution in [0.2, 0.25) is 0 Å². The Balaban J connectivity index is 1.30. The van der Waals surface area contributed by atoms with Gasteiger partial charge in [0.15, 0.2) is 0 Å². The first-order chi connectivity index (χ1) is 14.1. The quantitative estimate of drug-likeness (QED) is 0.845. The number of carbonyl (C=O) groups excluding carboxylic acids is 1. The summed E-state index contributed by atoms with van der Waals surface area (Å²) in [6, 6.07) is 14.7. The van der Waals surface area contributed by atoms with E-state index in [2.05, 4.69) is 60.5 Å². The third kappa shape index (κ3) is 4.98. The van der Waals surface area contributed by atoms with Crippen molar-refractivity contribution in [3.05, 3.63) is 64.7 Å². The van der Waals surface area contributed by atoms with Crippen molar-refractivity contribution < 1.29 is 14.3 Å². The fourth-order valence-corrected chi connectivity index (χ4v) is 4.24. The Hall–Kier alpha value is -2.37. The second-order valence-corrected chi connectivity index (χ2v) is 8.14.